The van der Waals surface area contributed by atoms with Crippen molar-refractivity contribution in [1.29, 1.82) is 5.26 Å². The number of rotatable bonds is 3. The number of imidazole rings is 1. The predicted molar refractivity (Wildman–Crippen MR) is 113 cm³/mol. The van der Waals surface area contributed by atoms with E-state index in [0.29, 0.717) is 11.3 Å². The second-order valence-corrected chi connectivity index (χ2v) is 6.90. The molecule has 0 bridgehead atoms. The van der Waals surface area contributed by atoms with Crippen molar-refractivity contribution in [1.82, 2.24) is 4.98 Å². The molecule has 0 atom stereocenters. The first kappa shape index (κ1) is 17.6. The Balaban J connectivity index is 1.61. The van der Waals surface area contributed by atoms with Gasteiger partial charge in [-0.25, -0.2) is 9.97 Å². The predicted octanol–water partition coefficient (Wildman–Crippen LogP) is 3.51. The Bertz CT molecular complexity index is 1460. The summed E-state index contributed by atoms with van der Waals surface area (Å²) in [5.74, 6) is 0.502. The molecule has 3 N–H and O–H groups in total. The van der Waals surface area contributed by atoms with Crippen LogP contribution in [0.1, 0.15) is 16.1 Å². The fourth-order valence-corrected chi connectivity index (χ4v) is 3.66. The second-order valence-electron chi connectivity index (χ2n) is 6.90. The van der Waals surface area contributed by atoms with Crippen LogP contribution in [-0.2, 0) is 0 Å². The lowest BCUT2D eigenvalue weighted by Gasteiger charge is -2.05. The molecule has 0 fully saturated rings. The van der Waals surface area contributed by atoms with Gasteiger partial charge in [-0.2, -0.15) is 9.66 Å². The molecule has 1 amide bonds. The summed E-state index contributed by atoms with van der Waals surface area (Å²) in [4.78, 5) is 19.5. The van der Waals surface area contributed by atoms with Crippen LogP contribution in [-0.4, -0.2) is 10.9 Å². The molecule has 0 saturated carbocycles. The Morgan fingerprint density at radius 1 is 1.07 bits per heavy atom. The van der Waals surface area contributed by atoms with Crippen molar-refractivity contribution in [3.63, 3.8) is 0 Å². The van der Waals surface area contributed by atoms with Crippen LogP contribution in [0.4, 0.5) is 5.69 Å². The fraction of sp³-hybridized carbons (Fsp3) is 0. The number of H-pyrrole nitrogens is 2. The van der Waals surface area contributed by atoms with Gasteiger partial charge in [-0.1, -0.05) is 18.2 Å². The molecule has 0 aliphatic carbocycles. The van der Waals surface area contributed by atoms with Crippen molar-refractivity contribution in [2.24, 2.45) is 0 Å². The van der Waals surface area contributed by atoms with E-state index in [9.17, 15) is 10.1 Å². The standard InChI is InChI=1S/C24H15N5O/c25-14-16-5-3-6-17(13-16)23-28-22(21-9-1-2-12-29(21)23)24(30)27-20-8-4-7-18-15-26-11-10-19(18)20/h1-13,15H,(H,27,30)/p+2. The van der Waals surface area contributed by atoms with Crippen molar-refractivity contribution in [3.05, 3.63) is 96.6 Å². The minimum atomic E-state index is -0.235. The van der Waals surface area contributed by atoms with Gasteiger partial charge in [-0.15, -0.1) is 0 Å². The van der Waals surface area contributed by atoms with E-state index < -0.39 is 0 Å². The molecule has 0 radical (unpaired) electrons. The lowest BCUT2D eigenvalue weighted by molar-refractivity contribution is -0.498. The molecule has 5 rings (SSSR count). The van der Waals surface area contributed by atoms with Crippen LogP contribution in [0.2, 0.25) is 0 Å². The summed E-state index contributed by atoms with van der Waals surface area (Å²) in [6.45, 7) is 0. The zero-order chi connectivity index (χ0) is 20.5. The maximum atomic E-state index is 13.2. The molecule has 0 aliphatic rings. The zero-order valence-corrected chi connectivity index (χ0v) is 15.9. The van der Waals surface area contributed by atoms with Gasteiger partial charge in [0.15, 0.2) is 17.9 Å². The average Bonchev–Trinajstić information content (AvgIpc) is 3.19. The van der Waals surface area contributed by atoms with E-state index in [0.717, 1.165) is 33.4 Å². The van der Waals surface area contributed by atoms with Gasteiger partial charge in [0.2, 0.25) is 5.69 Å². The molecule has 0 unspecified atom stereocenters. The van der Waals surface area contributed by atoms with Crippen molar-refractivity contribution >= 4 is 27.9 Å². The summed E-state index contributed by atoms with van der Waals surface area (Å²) in [7, 11) is 0. The van der Waals surface area contributed by atoms with Crippen LogP contribution in [0.25, 0.3) is 27.7 Å². The largest absolute Gasteiger partial charge is 0.318 e. The summed E-state index contributed by atoms with van der Waals surface area (Å²) < 4.78 is 1.92. The van der Waals surface area contributed by atoms with E-state index in [2.05, 4.69) is 21.4 Å². The third-order valence-electron chi connectivity index (χ3n) is 5.07. The number of fused-ring (bicyclic) bond motifs is 2. The summed E-state index contributed by atoms with van der Waals surface area (Å²) >= 11 is 0. The molecule has 0 aliphatic heterocycles. The second kappa shape index (κ2) is 7.15. The van der Waals surface area contributed by atoms with Gasteiger partial charge >= 0.3 is 0 Å². The van der Waals surface area contributed by atoms with E-state index in [-0.39, 0.29) is 5.91 Å². The maximum Gasteiger partial charge on any atom is 0.300 e. The third-order valence-corrected chi connectivity index (χ3v) is 5.07. The third kappa shape index (κ3) is 2.95. The highest BCUT2D eigenvalue weighted by atomic mass is 16.1. The highest BCUT2D eigenvalue weighted by Gasteiger charge is 2.25. The molecule has 3 aromatic heterocycles. The normalized spacial score (nSPS) is 10.8. The molecule has 6 heteroatoms. The lowest BCUT2D eigenvalue weighted by atomic mass is 10.1. The van der Waals surface area contributed by atoms with Gasteiger partial charge in [0, 0.05) is 22.5 Å². The van der Waals surface area contributed by atoms with Gasteiger partial charge in [0.25, 0.3) is 11.7 Å². The Labute approximate surface area is 172 Å². The van der Waals surface area contributed by atoms with Crippen LogP contribution < -0.4 is 14.7 Å². The molecule has 3 heterocycles. The van der Waals surface area contributed by atoms with Gasteiger partial charge < -0.3 is 5.32 Å². The maximum absolute atomic E-state index is 13.2. The van der Waals surface area contributed by atoms with Crippen molar-refractivity contribution in [2.75, 3.05) is 5.32 Å². The van der Waals surface area contributed by atoms with Crippen molar-refractivity contribution in [2.45, 2.75) is 0 Å². The Hall–Kier alpha value is -4.50. The molecule has 0 saturated heterocycles. The van der Waals surface area contributed by atoms with Gasteiger partial charge in [0.05, 0.1) is 23.4 Å². The molecule has 2 aromatic carbocycles. The number of hydrogen-bond donors (Lipinski definition) is 2. The molecular formula is C24H17N5O+2. The summed E-state index contributed by atoms with van der Waals surface area (Å²) in [6.07, 6.45) is 5.62. The van der Waals surface area contributed by atoms with Gasteiger partial charge in [-0.05, 0) is 42.5 Å². The topological polar surface area (TPSA) is 86.9 Å². The SMILES string of the molecule is N#Cc1cccc(-c2[nH]c(C(=O)Nc3cccc4c[nH+]ccc34)c3cccc[n+]23)c1. The van der Waals surface area contributed by atoms with Crippen LogP contribution in [0.3, 0.4) is 0 Å². The number of pyridine rings is 2. The number of amides is 1. The molecule has 5 aromatic rings. The number of nitrogens with one attached hydrogen (secondary N) is 3. The lowest BCUT2D eigenvalue weighted by Crippen LogP contribution is -2.22. The Kier molecular flexibility index (Phi) is 4.19. The van der Waals surface area contributed by atoms with E-state index in [1.165, 1.54) is 0 Å². The van der Waals surface area contributed by atoms with Crippen LogP contribution >= 0.6 is 0 Å². The van der Waals surface area contributed by atoms with Crippen LogP contribution in [0.15, 0.2) is 85.3 Å². The first-order chi connectivity index (χ1) is 14.7. The number of hydrogen-bond acceptors (Lipinski definition) is 2. The number of carbonyl (C=O) groups is 1. The monoisotopic (exact) mass is 391 g/mol. The number of nitriles is 1. The number of nitrogens with zero attached hydrogens (tertiary/aromatic N) is 2. The number of anilines is 1. The summed E-state index contributed by atoms with van der Waals surface area (Å²) in [6, 6.07) is 22.9. The van der Waals surface area contributed by atoms with Crippen LogP contribution in [0, 0.1) is 11.3 Å². The number of aromatic amines is 2. The van der Waals surface area contributed by atoms with E-state index in [4.69, 9.17) is 0 Å². The Morgan fingerprint density at radius 2 is 1.97 bits per heavy atom. The average molecular weight is 391 g/mol. The summed E-state index contributed by atoms with van der Waals surface area (Å²) in [5, 5.41) is 14.2. The quantitative estimate of drug-likeness (QED) is 0.461. The smallest absolute Gasteiger partial charge is 0.300 e. The molecule has 30 heavy (non-hydrogen) atoms. The summed E-state index contributed by atoms with van der Waals surface area (Å²) in [5.41, 5.74) is 3.33. The highest BCUT2D eigenvalue weighted by molar-refractivity contribution is 6.10. The zero-order valence-electron chi connectivity index (χ0n) is 15.9. The van der Waals surface area contributed by atoms with Crippen LogP contribution in [0.5, 0.6) is 0 Å². The first-order valence-electron chi connectivity index (χ1n) is 9.48. The highest BCUT2D eigenvalue weighted by Crippen LogP contribution is 2.23. The number of benzene rings is 2. The van der Waals surface area contributed by atoms with Gasteiger partial charge in [-0.3, -0.25) is 4.79 Å². The Morgan fingerprint density at radius 3 is 2.87 bits per heavy atom. The molecule has 6 nitrogen and oxygen atoms in total. The fourth-order valence-electron chi connectivity index (χ4n) is 3.66. The van der Waals surface area contributed by atoms with Crippen molar-refractivity contribution < 1.29 is 14.2 Å². The van der Waals surface area contributed by atoms with E-state index in [1.54, 1.807) is 12.1 Å². The van der Waals surface area contributed by atoms with Gasteiger partial charge in [0.1, 0.15) is 0 Å². The molecular weight excluding hydrogens is 374 g/mol. The molecule has 0 spiro atoms. The first-order valence-corrected chi connectivity index (χ1v) is 9.48. The number of carbonyl (C=O) groups excluding carboxylic acids is 1. The molecule has 142 valence electrons. The number of aromatic nitrogens is 3. The minimum Gasteiger partial charge on any atom is -0.318 e. The minimum absolute atomic E-state index is 0.235. The van der Waals surface area contributed by atoms with E-state index in [1.807, 2.05) is 77.6 Å². The van der Waals surface area contributed by atoms with E-state index >= 15 is 0 Å². The van der Waals surface area contributed by atoms with Crippen molar-refractivity contribution in [3.8, 4) is 17.5 Å².